The minimum absolute atomic E-state index is 0.000559. The Bertz CT molecular complexity index is 1510. The van der Waals surface area contributed by atoms with E-state index in [2.05, 4.69) is 27.5 Å². The van der Waals surface area contributed by atoms with Crippen molar-refractivity contribution in [2.75, 3.05) is 18.6 Å². The Balaban J connectivity index is 1.43. The number of nitrogens with zero attached hydrogens (tertiary/aromatic N) is 3. The van der Waals surface area contributed by atoms with E-state index in [4.69, 9.17) is 4.74 Å². The number of fused-ring (bicyclic) bond motifs is 1. The number of benzene rings is 1. The Morgan fingerprint density at radius 1 is 1.17 bits per heavy atom. The molecule has 1 aromatic carbocycles. The molecular formula is C28H29N5O8. The monoisotopic (exact) mass is 563 g/mol. The number of aromatic nitrogens is 1. The van der Waals surface area contributed by atoms with Gasteiger partial charge in [0.15, 0.2) is 6.29 Å². The first kappa shape index (κ1) is 28.0. The van der Waals surface area contributed by atoms with Crippen LogP contribution in [0.25, 0.3) is 0 Å². The number of hydrogen-bond donors (Lipinski definition) is 5. The molecule has 3 aliphatic heterocycles. The van der Waals surface area contributed by atoms with Crippen molar-refractivity contribution in [3.05, 3.63) is 53.2 Å². The SMILES string of the molecule is COc1ccc2c(c1)C(=O)N(C[C@@]1(C#Cc3ccc(N4C(=O)CCC4(C(O)O)C(C)(C)O)nc3)NC(=O)NC1=O)C2. The lowest BCUT2D eigenvalue weighted by atomic mass is 9.79. The minimum atomic E-state index is -2.04. The van der Waals surface area contributed by atoms with Crippen molar-refractivity contribution < 1.29 is 39.2 Å². The molecule has 5 N–H and O–H groups in total. The summed E-state index contributed by atoms with van der Waals surface area (Å²) in [4.78, 5) is 57.6. The van der Waals surface area contributed by atoms with Gasteiger partial charge in [0.05, 0.1) is 19.3 Å². The Labute approximate surface area is 235 Å². The smallest absolute Gasteiger partial charge is 0.323 e. The summed E-state index contributed by atoms with van der Waals surface area (Å²) in [5.74, 6) is 4.70. The van der Waals surface area contributed by atoms with Gasteiger partial charge >= 0.3 is 6.03 Å². The van der Waals surface area contributed by atoms with Crippen molar-refractivity contribution in [3.63, 3.8) is 0 Å². The van der Waals surface area contributed by atoms with E-state index in [1.54, 1.807) is 18.2 Å². The number of urea groups is 1. The van der Waals surface area contributed by atoms with Crippen LogP contribution in [-0.2, 0) is 16.1 Å². The molecule has 1 aromatic heterocycles. The summed E-state index contributed by atoms with van der Waals surface area (Å²) < 4.78 is 5.20. The van der Waals surface area contributed by atoms with Crippen LogP contribution in [0.2, 0.25) is 0 Å². The Kier molecular flexibility index (Phi) is 6.73. The number of pyridine rings is 1. The normalized spacial score (nSPS) is 23.9. The van der Waals surface area contributed by atoms with Crippen LogP contribution in [0.15, 0.2) is 36.5 Å². The van der Waals surface area contributed by atoms with Gasteiger partial charge in [0.1, 0.15) is 17.1 Å². The van der Waals surface area contributed by atoms with Crippen molar-refractivity contribution in [3.8, 4) is 17.6 Å². The van der Waals surface area contributed by atoms with E-state index in [-0.39, 0.29) is 37.7 Å². The highest BCUT2D eigenvalue weighted by Crippen LogP contribution is 2.43. The maximum Gasteiger partial charge on any atom is 0.323 e. The molecule has 2 saturated heterocycles. The van der Waals surface area contributed by atoms with Gasteiger partial charge in [-0.1, -0.05) is 17.9 Å². The van der Waals surface area contributed by atoms with Gasteiger partial charge in [-0.3, -0.25) is 24.6 Å². The van der Waals surface area contributed by atoms with Crippen LogP contribution < -0.4 is 20.3 Å². The number of nitrogens with one attached hydrogen (secondary N) is 2. The van der Waals surface area contributed by atoms with E-state index in [1.807, 2.05) is 0 Å². The third-order valence-corrected chi connectivity index (χ3v) is 7.82. The topological polar surface area (TPSA) is 182 Å². The number of rotatable bonds is 6. The number of anilines is 1. The molecule has 0 aliphatic carbocycles. The number of carbonyl (C=O) groups is 4. The second-order valence-electron chi connectivity index (χ2n) is 10.7. The summed E-state index contributed by atoms with van der Waals surface area (Å²) in [5.41, 5.74) is -3.64. The van der Waals surface area contributed by atoms with Gasteiger partial charge in [0.25, 0.3) is 11.8 Å². The van der Waals surface area contributed by atoms with Crippen molar-refractivity contribution in [2.24, 2.45) is 0 Å². The first-order valence-corrected chi connectivity index (χ1v) is 12.8. The average Bonchev–Trinajstić information content (AvgIpc) is 3.53. The summed E-state index contributed by atoms with van der Waals surface area (Å²) in [7, 11) is 1.49. The number of carbonyl (C=O) groups excluding carboxylic acids is 4. The molecule has 214 valence electrons. The zero-order valence-corrected chi connectivity index (χ0v) is 22.6. The van der Waals surface area contributed by atoms with E-state index >= 15 is 0 Å². The van der Waals surface area contributed by atoms with Crippen LogP contribution in [0, 0.1) is 11.8 Å². The van der Waals surface area contributed by atoms with Crippen LogP contribution in [0.1, 0.15) is 48.2 Å². The number of ether oxygens (including phenoxy) is 1. The second-order valence-corrected chi connectivity index (χ2v) is 10.7. The van der Waals surface area contributed by atoms with E-state index in [1.165, 1.54) is 44.2 Å². The lowest BCUT2D eigenvalue weighted by Crippen LogP contribution is -2.66. The van der Waals surface area contributed by atoms with Crippen LogP contribution in [0.3, 0.4) is 0 Å². The number of hydrogen-bond acceptors (Lipinski definition) is 9. The third kappa shape index (κ3) is 4.55. The van der Waals surface area contributed by atoms with E-state index in [0.717, 1.165) is 10.5 Å². The molecular weight excluding hydrogens is 534 g/mol. The lowest BCUT2D eigenvalue weighted by Gasteiger charge is -2.47. The van der Waals surface area contributed by atoms with Crippen molar-refractivity contribution in [1.29, 1.82) is 0 Å². The predicted molar refractivity (Wildman–Crippen MR) is 142 cm³/mol. The number of aliphatic hydroxyl groups excluding tert-OH is 1. The van der Waals surface area contributed by atoms with E-state index in [9.17, 15) is 34.5 Å². The summed E-state index contributed by atoms with van der Waals surface area (Å²) >= 11 is 0. The van der Waals surface area contributed by atoms with Crippen LogP contribution in [-0.4, -0.2) is 85.6 Å². The summed E-state index contributed by atoms with van der Waals surface area (Å²) in [6.07, 6.45) is -0.744. The average molecular weight is 564 g/mol. The van der Waals surface area contributed by atoms with Crippen molar-refractivity contribution in [2.45, 2.75) is 56.2 Å². The molecule has 41 heavy (non-hydrogen) atoms. The lowest BCUT2D eigenvalue weighted by molar-refractivity contribution is -0.159. The fourth-order valence-corrected chi connectivity index (χ4v) is 5.60. The van der Waals surface area contributed by atoms with Gasteiger partial charge < -0.3 is 30.3 Å². The molecule has 3 aliphatic rings. The van der Waals surface area contributed by atoms with Gasteiger partial charge in [-0.05, 0) is 50.1 Å². The second kappa shape index (κ2) is 9.84. The minimum Gasteiger partial charge on any atom is -0.497 e. The molecule has 13 nitrogen and oxygen atoms in total. The fraction of sp³-hybridized carbons (Fsp3) is 0.393. The number of aliphatic hydroxyl groups is 3. The van der Waals surface area contributed by atoms with Gasteiger partial charge in [-0.25, -0.2) is 9.78 Å². The summed E-state index contributed by atoms with van der Waals surface area (Å²) in [5, 5.41) is 35.9. The van der Waals surface area contributed by atoms with Crippen molar-refractivity contribution in [1.82, 2.24) is 20.5 Å². The highest BCUT2D eigenvalue weighted by Gasteiger charge is 2.60. The Morgan fingerprint density at radius 2 is 1.93 bits per heavy atom. The number of imide groups is 1. The molecule has 2 fully saturated rings. The van der Waals surface area contributed by atoms with Crippen LogP contribution >= 0.6 is 0 Å². The molecule has 1 unspecified atom stereocenters. The molecule has 5 rings (SSSR count). The largest absolute Gasteiger partial charge is 0.497 e. The zero-order chi connectivity index (χ0) is 29.7. The first-order chi connectivity index (χ1) is 19.3. The Hall–Kier alpha value is -4.51. The van der Waals surface area contributed by atoms with Crippen LogP contribution in [0.5, 0.6) is 5.75 Å². The van der Waals surface area contributed by atoms with E-state index in [0.29, 0.717) is 16.9 Å². The van der Waals surface area contributed by atoms with Crippen LogP contribution in [0.4, 0.5) is 10.6 Å². The molecule has 4 heterocycles. The molecule has 0 bridgehead atoms. The highest BCUT2D eigenvalue weighted by atomic mass is 16.5. The first-order valence-electron chi connectivity index (χ1n) is 12.8. The van der Waals surface area contributed by atoms with Gasteiger partial charge in [-0.2, -0.15) is 0 Å². The third-order valence-electron chi connectivity index (χ3n) is 7.82. The van der Waals surface area contributed by atoms with Gasteiger partial charge in [-0.15, -0.1) is 0 Å². The van der Waals surface area contributed by atoms with Crippen molar-refractivity contribution >= 4 is 29.6 Å². The quantitative estimate of drug-likeness (QED) is 0.178. The molecule has 2 atom stereocenters. The summed E-state index contributed by atoms with van der Waals surface area (Å²) in [6.45, 7) is 2.77. The highest BCUT2D eigenvalue weighted by molar-refractivity contribution is 6.10. The maximum absolute atomic E-state index is 13.1. The predicted octanol–water partition coefficient (Wildman–Crippen LogP) is -0.377. The molecule has 5 amide bonds. The van der Waals surface area contributed by atoms with Gasteiger partial charge in [0.2, 0.25) is 11.4 Å². The zero-order valence-electron chi connectivity index (χ0n) is 22.6. The maximum atomic E-state index is 13.1. The van der Waals surface area contributed by atoms with E-state index < -0.39 is 40.8 Å². The molecule has 0 spiro atoms. The summed E-state index contributed by atoms with van der Waals surface area (Å²) in [6, 6.07) is 7.30. The number of methoxy groups -OCH3 is 1. The fourth-order valence-electron chi connectivity index (χ4n) is 5.60. The molecule has 0 saturated carbocycles. The molecule has 0 radical (unpaired) electrons. The standard InChI is InChI=1S/C28H29N5O8/c1-26(2,40)28(24(37)38)11-9-21(34)33(28)20-7-4-16(13-29-20)8-10-27(23(36)30-25(39)31-27)15-32-14-17-5-6-18(41-3)12-19(17)22(32)35/h4-7,12-13,24,37-38,40H,9,11,14-15H2,1-3H3,(H2,30,31,36,39)/t27-,28?/m1/s1. The Morgan fingerprint density at radius 3 is 2.51 bits per heavy atom. The molecule has 2 aromatic rings. The van der Waals surface area contributed by atoms with Gasteiger partial charge in [0, 0.05) is 30.3 Å². The number of amides is 5. The molecule has 13 heteroatoms.